The highest BCUT2D eigenvalue weighted by Gasteiger charge is 2.25. The molecule has 3 nitrogen and oxygen atoms in total. The Morgan fingerprint density at radius 1 is 1.11 bits per heavy atom. The zero-order chi connectivity index (χ0) is 14.0. The monoisotopic (exact) mass is 260 g/mol. The van der Waals surface area contributed by atoms with E-state index in [-0.39, 0.29) is 11.3 Å². The van der Waals surface area contributed by atoms with E-state index in [4.69, 9.17) is 0 Å². The second kappa shape index (κ2) is 5.24. The van der Waals surface area contributed by atoms with Gasteiger partial charge in [0.25, 0.3) is 0 Å². The summed E-state index contributed by atoms with van der Waals surface area (Å²) in [5.74, 6) is 0.140. The number of hydrogen-bond acceptors (Lipinski definition) is 2. The van der Waals surface area contributed by atoms with Crippen molar-refractivity contribution in [3.05, 3.63) is 24.3 Å². The molecule has 1 fully saturated rings. The van der Waals surface area contributed by atoms with Crippen LogP contribution in [0.25, 0.3) is 0 Å². The largest absolute Gasteiger partial charge is 0.372 e. The van der Waals surface area contributed by atoms with E-state index in [1.165, 1.54) is 18.5 Å². The van der Waals surface area contributed by atoms with Gasteiger partial charge in [-0.05, 0) is 37.1 Å². The Balaban J connectivity index is 2.11. The smallest absolute Gasteiger partial charge is 0.232 e. The fourth-order valence-electron chi connectivity index (χ4n) is 2.48. The number of nitrogens with zero attached hydrogens (tertiary/aromatic N) is 2. The lowest BCUT2D eigenvalue weighted by molar-refractivity contribution is -0.125. The van der Waals surface area contributed by atoms with Crippen LogP contribution in [0.15, 0.2) is 24.3 Å². The van der Waals surface area contributed by atoms with Crippen LogP contribution in [0, 0.1) is 5.41 Å². The number of carbonyl (C=O) groups is 1. The quantitative estimate of drug-likeness (QED) is 0.814. The van der Waals surface area contributed by atoms with E-state index in [0.29, 0.717) is 0 Å². The first-order valence-electron chi connectivity index (χ1n) is 7.03. The summed E-state index contributed by atoms with van der Waals surface area (Å²) >= 11 is 0. The maximum absolute atomic E-state index is 12.2. The number of carbonyl (C=O) groups excluding carboxylic acids is 1. The van der Waals surface area contributed by atoms with E-state index in [1.54, 1.807) is 4.90 Å². The first-order chi connectivity index (χ1) is 8.89. The maximum atomic E-state index is 12.2. The summed E-state index contributed by atoms with van der Waals surface area (Å²) in [6, 6.07) is 8.31. The average molecular weight is 260 g/mol. The molecule has 0 aliphatic carbocycles. The Hall–Kier alpha value is -1.51. The number of rotatable bonds is 2. The Bertz CT molecular complexity index is 439. The SMILES string of the molecule is CN(C(=O)C(C)(C)C)c1ccc(N2CCCC2)cc1. The van der Waals surface area contributed by atoms with Crippen LogP contribution in [0.3, 0.4) is 0 Å². The molecule has 0 saturated carbocycles. The fraction of sp³-hybridized carbons (Fsp3) is 0.562. The molecule has 0 bridgehead atoms. The van der Waals surface area contributed by atoms with Crippen molar-refractivity contribution in [3.63, 3.8) is 0 Å². The number of benzene rings is 1. The summed E-state index contributed by atoms with van der Waals surface area (Å²) < 4.78 is 0. The topological polar surface area (TPSA) is 23.6 Å². The van der Waals surface area contributed by atoms with Crippen LogP contribution in [-0.4, -0.2) is 26.0 Å². The van der Waals surface area contributed by atoms with Gasteiger partial charge in [0.2, 0.25) is 5.91 Å². The first-order valence-corrected chi connectivity index (χ1v) is 7.03. The van der Waals surface area contributed by atoms with Crippen LogP contribution in [0.1, 0.15) is 33.6 Å². The van der Waals surface area contributed by atoms with Gasteiger partial charge in [-0.2, -0.15) is 0 Å². The Morgan fingerprint density at radius 3 is 2.11 bits per heavy atom. The number of amides is 1. The Kier molecular flexibility index (Phi) is 3.83. The zero-order valence-electron chi connectivity index (χ0n) is 12.4. The fourth-order valence-corrected chi connectivity index (χ4v) is 2.48. The highest BCUT2D eigenvalue weighted by Crippen LogP contribution is 2.26. The van der Waals surface area contributed by atoms with Crippen LogP contribution in [0.2, 0.25) is 0 Å². The van der Waals surface area contributed by atoms with Gasteiger partial charge < -0.3 is 9.80 Å². The molecule has 3 heteroatoms. The van der Waals surface area contributed by atoms with E-state index in [2.05, 4.69) is 17.0 Å². The van der Waals surface area contributed by atoms with Gasteiger partial charge in [-0.3, -0.25) is 4.79 Å². The molecule has 19 heavy (non-hydrogen) atoms. The molecule has 1 amide bonds. The molecule has 1 aliphatic heterocycles. The summed E-state index contributed by atoms with van der Waals surface area (Å²) in [5.41, 5.74) is 1.88. The van der Waals surface area contributed by atoms with Gasteiger partial charge in [0.15, 0.2) is 0 Å². The van der Waals surface area contributed by atoms with Crippen molar-refractivity contribution in [1.29, 1.82) is 0 Å². The predicted octanol–water partition coefficient (Wildman–Crippen LogP) is 3.30. The molecule has 0 radical (unpaired) electrons. The van der Waals surface area contributed by atoms with Crippen molar-refractivity contribution in [2.24, 2.45) is 5.41 Å². The summed E-state index contributed by atoms with van der Waals surface area (Å²) in [6.45, 7) is 8.14. The highest BCUT2D eigenvalue weighted by molar-refractivity contribution is 5.96. The van der Waals surface area contributed by atoms with Gasteiger partial charge in [0.1, 0.15) is 0 Å². The molecule has 1 aromatic carbocycles. The zero-order valence-corrected chi connectivity index (χ0v) is 12.4. The molecule has 1 heterocycles. The molecular formula is C16H24N2O. The lowest BCUT2D eigenvalue weighted by Crippen LogP contribution is -2.36. The minimum Gasteiger partial charge on any atom is -0.372 e. The van der Waals surface area contributed by atoms with Crippen LogP contribution in [0.4, 0.5) is 11.4 Å². The van der Waals surface area contributed by atoms with Crippen LogP contribution < -0.4 is 9.80 Å². The number of hydrogen-bond donors (Lipinski definition) is 0. The minimum absolute atomic E-state index is 0.140. The summed E-state index contributed by atoms with van der Waals surface area (Å²) in [6.07, 6.45) is 2.56. The van der Waals surface area contributed by atoms with Gasteiger partial charge in [-0.1, -0.05) is 20.8 Å². The highest BCUT2D eigenvalue weighted by atomic mass is 16.2. The van der Waals surface area contributed by atoms with Crippen molar-refractivity contribution in [3.8, 4) is 0 Å². The van der Waals surface area contributed by atoms with Crippen LogP contribution in [-0.2, 0) is 4.79 Å². The van der Waals surface area contributed by atoms with Crippen molar-refractivity contribution in [2.45, 2.75) is 33.6 Å². The third-order valence-corrected chi connectivity index (χ3v) is 3.65. The first kappa shape index (κ1) is 13.9. The summed E-state index contributed by atoms with van der Waals surface area (Å²) in [4.78, 5) is 16.4. The molecule has 0 N–H and O–H groups in total. The van der Waals surface area contributed by atoms with Crippen molar-refractivity contribution < 1.29 is 4.79 Å². The Morgan fingerprint density at radius 2 is 1.63 bits per heavy atom. The molecule has 104 valence electrons. The van der Waals surface area contributed by atoms with Gasteiger partial charge >= 0.3 is 0 Å². The summed E-state index contributed by atoms with van der Waals surface area (Å²) in [5, 5.41) is 0. The van der Waals surface area contributed by atoms with E-state index in [1.807, 2.05) is 40.0 Å². The maximum Gasteiger partial charge on any atom is 0.232 e. The van der Waals surface area contributed by atoms with Crippen molar-refractivity contribution >= 4 is 17.3 Å². The molecule has 0 aromatic heterocycles. The van der Waals surface area contributed by atoms with Crippen LogP contribution in [0.5, 0.6) is 0 Å². The molecule has 1 aromatic rings. The van der Waals surface area contributed by atoms with E-state index in [9.17, 15) is 4.79 Å². The third kappa shape index (κ3) is 3.09. The van der Waals surface area contributed by atoms with E-state index in [0.717, 1.165) is 18.8 Å². The van der Waals surface area contributed by atoms with Gasteiger partial charge in [0, 0.05) is 36.9 Å². The molecule has 1 aliphatic rings. The van der Waals surface area contributed by atoms with Crippen molar-refractivity contribution in [1.82, 2.24) is 0 Å². The molecule has 0 atom stereocenters. The average Bonchev–Trinajstić information content (AvgIpc) is 2.90. The van der Waals surface area contributed by atoms with Crippen LogP contribution >= 0.6 is 0 Å². The van der Waals surface area contributed by atoms with Crippen molar-refractivity contribution in [2.75, 3.05) is 29.9 Å². The molecule has 0 unspecified atom stereocenters. The lowest BCUT2D eigenvalue weighted by atomic mass is 9.94. The predicted molar refractivity (Wildman–Crippen MR) is 80.8 cm³/mol. The van der Waals surface area contributed by atoms with Gasteiger partial charge in [0.05, 0.1) is 0 Å². The van der Waals surface area contributed by atoms with E-state index < -0.39 is 0 Å². The summed E-state index contributed by atoms with van der Waals surface area (Å²) in [7, 11) is 1.85. The standard InChI is InChI=1S/C16H24N2O/c1-16(2,3)15(19)17(4)13-7-9-14(10-8-13)18-11-5-6-12-18/h7-10H,5-6,11-12H2,1-4H3. The van der Waals surface area contributed by atoms with E-state index >= 15 is 0 Å². The Labute approximate surface area is 116 Å². The second-order valence-electron chi connectivity index (χ2n) is 6.32. The lowest BCUT2D eigenvalue weighted by Gasteiger charge is -2.26. The molecule has 0 spiro atoms. The third-order valence-electron chi connectivity index (χ3n) is 3.65. The normalized spacial score (nSPS) is 15.7. The molecular weight excluding hydrogens is 236 g/mol. The number of anilines is 2. The second-order valence-corrected chi connectivity index (χ2v) is 6.32. The molecule has 1 saturated heterocycles. The minimum atomic E-state index is -0.345. The molecule has 2 rings (SSSR count). The van der Waals surface area contributed by atoms with Gasteiger partial charge in [-0.15, -0.1) is 0 Å². The van der Waals surface area contributed by atoms with Gasteiger partial charge in [-0.25, -0.2) is 0 Å².